The highest BCUT2D eigenvalue weighted by atomic mass is 16.6. The van der Waals surface area contributed by atoms with Crippen molar-refractivity contribution in [1.29, 1.82) is 0 Å². The van der Waals surface area contributed by atoms with Gasteiger partial charge in [-0.25, -0.2) is 0 Å². The summed E-state index contributed by atoms with van der Waals surface area (Å²) in [5.74, 6) is 1.63. The lowest BCUT2D eigenvalue weighted by Crippen LogP contribution is -2.46. The van der Waals surface area contributed by atoms with E-state index in [4.69, 9.17) is 0 Å². The number of Topliss-reactive ketones (excluding diaryl/α,β-unsaturated/α-hetero) is 1. The molecular weight excluding hydrogens is 388 g/mol. The van der Waals surface area contributed by atoms with E-state index in [0.29, 0.717) is 17.8 Å². The van der Waals surface area contributed by atoms with Gasteiger partial charge in [0.15, 0.2) is 5.78 Å². The van der Waals surface area contributed by atoms with Crippen molar-refractivity contribution in [1.82, 2.24) is 0 Å². The van der Waals surface area contributed by atoms with Crippen LogP contribution in [-0.4, -0.2) is 17.3 Å². The van der Waals surface area contributed by atoms with E-state index in [0.717, 1.165) is 30.5 Å². The molecule has 0 saturated heterocycles. The standard InChI is InChI=1S/C26H24N2O3/c1-15(29)18-12-23-20-5-2-4-17(20)14-27-25(16-8-10-19(11-9-16)28(30)31)22-7-3-6-21(22)24(13-18)26(23)27/h2-3,5-6,8-13,17,20-22,25H,4,7,14H2,1H3/t17-,20+,21+,22+,25+/m1/s1. The summed E-state index contributed by atoms with van der Waals surface area (Å²) >= 11 is 0. The fourth-order valence-corrected chi connectivity index (χ4v) is 6.35. The Morgan fingerprint density at radius 2 is 1.71 bits per heavy atom. The molecule has 2 aliphatic carbocycles. The van der Waals surface area contributed by atoms with Gasteiger partial charge in [-0.05, 0) is 60.4 Å². The van der Waals surface area contributed by atoms with Crippen LogP contribution in [0.2, 0.25) is 0 Å². The molecule has 0 unspecified atom stereocenters. The van der Waals surface area contributed by atoms with Gasteiger partial charge in [0.05, 0.1) is 11.0 Å². The first-order chi connectivity index (χ1) is 15.0. The molecular formula is C26H24N2O3. The smallest absolute Gasteiger partial charge is 0.269 e. The fourth-order valence-electron chi connectivity index (χ4n) is 6.35. The monoisotopic (exact) mass is 412 g/mol. The predicted molar refractivity (Wildman–Crippen MR) is 120 cm³/mol. The molecule has 156 valence electrons. The number of anilines is 1. The van der Waals surface area contributed by atoms with Gasteiger partial charge in [0.25, 0.3) is 5.69 Å². The molecule has 0 saturated carbocycles. The van der Waals surface area contributed by atoms with Crippen LogP contribution in [0.5, 0.6) is 0 Å². The van der Waals surface area contributed by atoms with Gasteiger partial charge >= 0.3 is 0 Å². The van der Waals surface area contributed by atoms with Gasteiger partial charge in [-0.3, -0.25) is 14.9 Å². The van der Waals surface area contributed by atoms with E-state index in [1.807, 2.05) is 12.1 Å². The molecule has 4 aliphatic rings. The second-order valence-electron chi connectivity index (χ2n) is 9.31. The lowest BCUT2D eigenvalue weighted by molar-refractivity contribution is -0.384. The van der Waals surface area contributed by atoms with Gasteiger partial charge in [-0.15, -0.1) is 0 Å². The fraction of sp³-hybridized carbons (Fsp3) is 0.346. The zero-order valence-electron chi connectivity index (χ0n) is 17.4. The number of carbonyl (C=O) groups is 1. The number of benzene rings is 2. The van der Waals surface area contributed by atoms with E-state index in [1.165, 1.54) is 16.8 Å². The van der Waals surface area contributed by atoms with Crippen molar-refractivity contribution < 1.29 is 9.72 Å². The maximum atomic E-state index is 12.4. The Labute approximate surface area is 181 Å². The molecule has 0 aromatic heterocycles. The van der Waals surface area contributed by atoms with Crippen LogP contribution in [0.1, 0.15) is 64.7 Å². The molecule has 0 bridgehead atoms. The lowest BCUT2D eigenvalue weighted by atomic mass is 9.70. The average Bonchev–Trinajstić information content (AvgIpc) is 3.43. The summed E-state index contributed by atoms with van der Waals surface area (Å²) in [5, 5.41) is 11.2. The van der Waals surface area contributed by atoms with E-state index in [-0.39, 0.29) is 28.4 Å². The van der Waals surface area contributed by atoms with Crippen molar-refractivity contribution in [3.63, 3.8) is 0 Å². The van der Waals surface area contributed by atoms with Crippen LogP contribution in [-0.2, 0) is 0 Å². The number of hydrogen-bond donors (Lipinski definition) is 0. The van der Waals surface area contributed by atoms with Crippen molar-refractivity contribution >= 4 is 17.2 Å². The summed E-state index contributed by atoms with van der Waals surface area (Å²) in [6.07, 6.45) is 11.2. The summed E-state index contributed by atoms with van der Waals surface area (Å²) in [6.45, 7) is 2.63. The largest absolute Gasteiger partial charge is 0.363 e. The molecule has 0 amide bonds. The normalized spacial score (nSPS) is 29.5. The van der Waals surface area contributed by atoms with Gasteiger partial charge in [0.2, 0.25) is 0 Å². The second kappa shape index (κ2) is 6.64. The highest BCUT2D eigenvalue weighted by Gasteiger charge is 2.47. The number of carbonyl (C=O) groups excluding carboxylic acids is 1. The van der Waals surface area contributed by atoms with Crippen molar-refractivity contribution in [3.8, 4) is 0 Å². The Kier molecular flexibility index (Phi) is 3.98. The van der Waals surface area contributed by atoms with E-state index in [1.54, 1.807) is 19.1 Å². The number of rotatable bonds is 3. The van der Waals surface area contributed by atoms with Crippen LogP contribution >= 0.6 is 0 Å². The van der Waals surface area contributed by atoms with Crippen LogP contribution in [0.15, 0.2) is 60.7 Å². The molecule has 2 aliphatic heterocycles. The number of hydrogen-bond acceptors (Lipinski definition) is 4. The van der Waals surface area contributed by atoms with E-state index in [2.05, 4.69) is 41.3 Å². The average molecular weight is 412 g/mol. The molecule has 5 heteroatoms. The number of nitro benzene ring substituents is 1. The first-order valence-corrected chi connectivity index (χ1v) is 11.1. The molecule has 0 spiro atoms. The molecule has 0 fully saturated rings. The molecule has 6 rings (SSSR count). The minimum absolute atomic E-state index is 0.116. The quantitative estimate of drug-likeness (QED) is 0.281. The highest BCUT2D eigenvalue weighted by molar-refractivity contribution is 5.95. The van der Waals surface area contributed by atoms with Gasteiger partial charge in [-0.1, -0.05) is 36.4 Å². The molecule has 5 nitrogen and oxygen atoms in total. The Hall–Kier alpha value is -3.21. The molecule has 31 heavy (non-hydrogen) atoms. The van der Waals surface area contributed by atoms with Crippen molar-refractivity contribution in [2.24, 2.45) is 11.8 Å². The highest BCUT2D eigenvalue weighted by Crippen LogP contribution is 2.59. The van der Waals surface area contributed by atoms with Crippen LogP contribution in [0.25, 0.3) is 0 Å². The van der Waals surface area contributed by atoms with E-state index >= 15 is 0 Å². The van der Waals surface area contributed by atoms with Crippen LogP contribution < -0.4 is 4.90 Å². The minimum Gasteiger partial charge on any atom is -0.363 e. The maximum absolute atomic E-state index is 12.4. The Morgan fingerprint density at radius 1 is 1.03 bits per heavy atom. The third-order valence-corrected chi connectivity index (χ3v) is 7.70. The van der Waals surface area contributed by atoms with Gasteiger partial charge in [-0.2, -0.15) is 0 Å². The molecule has 2 heterocycles. The molecule has 0 radical (unpaired) electrons. The topological polar surface area (TPSA) is 63.4 Å². The number of fused-ring (bicyclic) bond motifs is 4. The summed E-state index contributed by atoms with van der Waals surface area (Å²) < 4.78 is 0. The molecule has 2 aromatic rings. The van der Waals surface area contributed by atoms with Crippen molar-refractivity contribution in [2.75, 3.05) is 11.4 Å². The van der Waals surface area contributed by atoms with Gasteiger partial charge in [0.1, 0.15) is 0 Å². The predicted octanol–water partition coefficient (Wildman–Crippen LogP) is 5.69. The first-order valence-electron chi connectivity index (χ1n) is 11.1. The third kappa shape index (κ3) is 2.65. The first kappa shape index (κ1) is 18.6. The number of allylic oxidation sites excluding steroid dienone is 4. The summed E-state index contributed by atoms with van der Waals surface area (Å²) in [7, 11) is 0. The molecule has 0 N–H and O–H groups in total. The Morgan fingerprint density at radius 3 is 2.42 bits per heavy atom. The summed E-state index contributed by atoms with van der Waals surface area (Å²) in [6, 6.07) is 11.5. The van der Waals surface area contributed by atoms with E-state index in [9.17, 15) is 14.9 Å². The minimum atomic E-state index is -0.336. The lowest BCUT2D eigenvalue weighted by Gasteiger charge is -2.51. The SMILES string of the molecule is CC(=O)c1cc2c3c(c1)[C@H]1C=CC[C@@H]1[C@H](c1ccc([N+](=O)[O-])cc1)N3C[C@H]1CC=C[C@H]21. The zero-order chi connectivity index (χ0) is 21.3. The van der Waals surface area contributed by atoms with Crippen molar-refractivity contribution in [3.05, 3.63) is 93.1 Å². The number of non-ortho nitro benzene ring substituents is 1. The Bertz CT molecular complexity index is 1150. The zero-order valence-corrected chi connectivity index (χ0v) is 17.4. The van der Waals surface area contributed by atoms with Crippen molar-refractivity contribution in [2.45, 2.75) is 37.6 Å². The molecule has 2 aromatic carbocycles. The third-order valence-electron chi connectivity index (χ3n) is 7.70. The van der Waals surface area contributed by atoms with Crippen LogP contribution in [0.4, 0.5) is 11.4 Å². The summed E-state index contributed by atoms with van der Waals surface area (Å²) in [4.78, 5) is 25.7. The number of nitro groups is 1. The van der Waals surface area contributed by atoms with E-state index < -0.39 is 0 Å². The Balaban J connectivity index is 1.55. The second-order valence-corrected chi connectivity index (χ2v) is 9.31. The number of ketones is 1. The summed E-state index contributed by atoms with van der Waals surface area (Å²) in [5.41, 5.74) is 5.92. The van der Waals surface area contributed by atoms with Gasteiger partial charge < -0.3 is 4.90 Å². The van der Waals surface area contributed by atoms with Crippen LogP contribution in [0, 0.1) is 22.0 Å². The van der Waals surface area contributed by atoms with Gasteiger partial charge in [0, 0.05) is 41.8 Å². The maximum Gasteiger partial charge on any atom is 0.269 e. The molecule has 5 atom stereocenters. The van der Waals surface area contributed by atoms with Crippen LogP contribution in [0.3, 0.4) is 0 Å². The number of nitrogens with zero attached hydrogens (tertiary/aromatic N) is 2.